The third kappa shape index (κ3) is 2.51. The van der Waals surface area contributed by atoms with Crippen LogP contribution in [0.4, 0.5) is 16.2 Å². The van der Waals surface area contributed by atoms with Gasteiger partial charge in [0.05, 0.1) is 10.7 Å². The van der Waals surface area contributed by atoms with Crippen molar-refractivity contribution in [2.45, 2.75) is 6.92 Å². The minimum atomic E-state index is -0.528. The molecule has 104 valence electrons. The fourth-order valence-electron chi connectivity index (χ4n) is 2.00. The molecule has 2 aromatic carbocycles. The molecule has 0 saturated heterocycles. The SMILES string of the molecule is Cc1ccc(C(=O)Nc2ccc3c(c2)=NC(=O)N=3)cc1N. The Morgan fingerprint density at radius 2 is 1.86 bits per heavy atom. The summed E-state index contributed by atoms with van der Waals surface area (Å²) in [4.78, 5) is 30.7. The molecule has 1 aliphatic rings. The third-order valence-electron chi connectivity index (χ3n) is 3.21. The number of nitrogens with one attached hydrogen (secondary N) is 1. The molecule has 3 rings (SSSR count). The van der Waals surface area contributed by atoms with Crippen molar-refractivity contribution in [1.29, 1.82) is 0 Å². The van der Waals surface area contributed by atoms with Crippen LogP contribution in [0.3, 0.4) is 0 Å². The van der Waals surface area contributed by atoms with Gasteiger partial charge >= 0.3 is 6.03 Å². The first kappa shape index (κ1) is 13.0. The quantitative estimate of drug-likeness (QED) is 0.809. The Balaban J connectivity index is 1.88. The molecule has 21 heavy (non-hydrogen) atoms. The summed E-state index contributed by atoms with van der Waals surface area (Å²) in [7, 11) is 0. The minimum absolute atomic E-state index is 0.275. The lowest BCUT2D eigenvalue weighted by Gasteiger charge is -2.06. The van der Waals surface area contributed by atoms with Crippen molar-refractivity contribution >= 4 is 23.3 Å². The first-order chi connectivity index (χ1) is 10.0. The highest BCUT2D eigenvalue weighted by Gasteiger charge is 2.09. The normalized spacial score (nSPS) is 12.3. The first-order valence-corrected chi connectivity index (χ1v) is 6.32. The summed E-state index contributed by atoms with van der Waals surface area (Å²) in [6, 6.07) is 9.52. The number of anilines is 2. The molecule has 0 aromatic heterocycles. The zero-order valence-electron chi connectivity index (χ0n) is 11.3. The highest BCUT2D eigenvalue weighted by atomic mass is 16.2. The summed E-state index contributed by atoms with van der Waals surface area (Å²) in [5, 5.41) is 3.71. The fraction of sp³-hybridized carbons (Fsp3) is 0.0667. The number of carbonyl (C=O) groups excluding carboxylic acids is 2. The van der Waals surface area contributed by atoms with E-state index in [1.165, 1.54) is 0 Å². The third-order valence-corrected chi connectivity index (χ3v) is 3.21. The van der Waals surface area contributed by atoms with Gasteiger partial charge in [-0.3, -0.25) is 4.79 Å². The van der Waals surface area contributed by atoms with Crippen LogP contribution < -0.4 is 21.8 Å². The predicted octanol–water partition coefficient (Wildman–Crippen LogP) is 1.20. The lowest BCUT2D eigenvalue weighted by Crippen LogP contribution is -2.23. The monoisotopic (exact) mass is 280 g/mol. The van der Waals surface area contributed by atoms with Crippen LogP contribution in [-0.4, -0.2) is 11.9 Å². The van der Waals surface area contributed by atoms with Crippen molar-refractivity contribution in [3.63, 3.8) is 0 Å². The molecule has 3 amide bonds. The molecule has 6 heteroatoms. The van der Waals surface area contributed by atoms with E-state index in [-0.39, 0.29) is 5.91 Å². The maximum atomic E-state index is 12.2. The molecule has 0 aliphatic carbocycles. The zero-order valence-corrected chi connectivity index (χ0v) is 11.3. The van der Waals surface area contributed by atoms with Crippen LogP contribution in [0.1, 0.15) is 15.9 Å². The van der Waals surface area contributed by atoms with E-state index in [9.17, 15) is 9.59 Å². The Morgan fingerprint density at radius 1 is 1.10 bits per heavy atom. The van der Waals surface area contributed by atoms with Gasteiger partial charge in [-0.05, 0) is 42.8 Å². The van der Waals surface area contributed by atoms with Crippen LogP contribution in [0.2, 0.25) is 0 Å². The molecule has 0 radical (unpaired) electrons. The van der Waals surface area contributed by atoms with E-state index in [1.54, 1.807) is 36.4 Å². The van der Waals surface area contributed by atoms with Gasteiger partial charge in [0.2, 0.25) is 0 Å². The summed E-state index contributed by atoms with van der Waals surface area (Å²) >= 11 is 0. The van der Waals surface area contributed by atoms with Gasteiger partial charge in [0.1, 0.15) is 0 Å². The Labute approximate surface area is 120 Å². The molecule has 1 heterocycles. The number of amides is 3. The van der Waals surface area contributed by atoms with Gasteiger partial charge in [0.15, 0.2) is 0 Å². The van der Waals surface area contributed by atoms with E-state index in [4.69, 9.17) is 5.73 Å². The topological polar surface area (TPSA) is 96.9 Å². The molecule has 6 nitrogen and oxygen atoms in total. The van der Waals surface area contributed by atoms with E-state index in [0.717, 1.165) is 5.56 Å². The lowest BCUT2D eigenvalue weighted by atomic mass is 10.1. The van der Waals surface area contributed by atoms with Crippen molar-refractivity contribution in [2.24, 2.45) is 9.98 Å². The molecular formula is C15H12N4O2. The van der Waals surface area contributed by atoms with Crippen LogP contribution in [0.5, 0.6) is 0 Å². The number of hydrogen-bond acceptors (Lipinski definition) is 3. The lowest BCUT2D eigenvalue weighted by molar-refractivity contribution is 0.102. The Bertz CT molecular complexity index is 887. The minimum Gasteiger partial charge on any atom is -0.398 e. The first-order valence-electron chi connectivity index (χ1n) is 6.32. The number of rotatable bonds is 2. The molecule has 3 N–H and O–H groups in total. The fourth-order valence-corrected chi connectivity index (χ4v) is 2.00. The Morgan fingerprint density at radius 3 is 2.62 bits per heavy atom. The van der Waals surface area contributed by atoms with Crippen LogP contribution in [-0.2, 0) is 0 Å². The highest BCUT2D eigenvalue weighted by Crippen LogP contribution is 2.14. The number of benzene rings is 2. The van der Waals surface area contributed by atoms with E-state index < -0.39 is 6.03 Å². The van der Waals surface area contributed by atoms with Gasteiger partial charge in [0, 0.05) is 16.9 Å². The maximum Gasteiger partial charge on any atom is 0.368 e. The Kier molecular flexibility index (Phi) is 2.98. The summed E-state index contributed by atoms with van der Waals surface area (Å²) in [5.41, 5.74) is 8.30. The largest absolute Gasteiger partial charge is 0.398 e. The van der Waals surface area contributed by atoms with Crippen molar-refractivity contribution < 1.29 is 9.59 Å². The number of carbonyl (C=O) groups is 2. The number of nitrogen functional groups attached to an aromatic ring is 1. The van der Waals surface area contributed by atoms with Crippen molar-refractivity contribution in [2.75, 3.05) is 11.1 Å². The smallest absolute Gasteiger partial charge is 0.368 e. The predicted molar refractivity (Wildman–Crippen MR) is 77.7 cm³/mol. The van der Waals surface area contributed by atoms with Crippen LogP contribution in [0.25, 0.3) is 0 Å². The van der Waals surface area contributed by atoms with Crippen LogP contribution in [0, 0.1) is 6.92 Å². The van der Waals surface area contributed by atoms with E-state index >= 15 is 0 Å². The van der Waals surface area contributed by atoms with Crippen molar-refractivity contribution in [1.82, 2.24) is 0 Å². The molecule has 0 spiro atoms. The summed E-state index contributed by atoms with van der Waals surface area (Å²) in [5.74, 6) is -0.275. The zero-order chi connectivity index (χ0) is 15.0. The maximum absolute atomic E-state index is 12.2. The summed E-state index contributed by atoms with van der Waals surface area (Å²) < 4.78 is 0. The molecule has 0 saturated carbocycles. The van der Waals surface area contributed by atoms with Gasteiger partial charge in [-0.2, -0.15) is 9.98 Å². The molecule has 1 aliphatic heterocycles. The van der Waals surface area contributed by atoms with Gasteiger partial charge in [0.25, 0.3) is 5.91 Å². The van der Waals surface area contributed by atoms with E-state index in [0.29, 0.717) is 27.7 Å². The van der Waals surface area contributed by atoms with Crippen molar-refractivity contribution in [3.05, 3.63) is 58.2 Å². The molecule has 2 aromatic rings. The number of nitrogens with zero attached hydrogens (tertiary/aromatic N) is 2. The van der Waals surface area contributed by atoms with Gasteiger partial charge in [-0.1, -0.05) is 6.07 Å². The number of nitrogens with two attached hydrogens (primary N) is 1. The average molecular weight is 280 g/mol. The van der Waals surface area contributed by atoms with Crippen LogP contribution in [0.15, 0.2) is 46.4 Å². The summed E-state index contributed by atoms with van der Waals surface area (Å²) in [6.07, 6.45) is 0. The second kappa shape index (κ2) is 4.82. The average Bonchev–Trinajstić information content (AvgIpc) is 2.81. The van der Waals surface area contributed by atoms with E-state index in [2.05, 4.69) is 15.3 Å². The van der Waals surface area contributed by atoms with Gasteiger partial charge in [-0.25, -0.2) is 4.79 Å². The molecule has 0 fully saturated rings. The van der Waals surface area contributed by atoms with Gasteiger partial charge in [-0.15, -0.1) is 0 Å². The second-order valence-corrected chi connectivity index (χ2v) is 4.74. The standard InChI is InChI=1S/C15H12N4O2/c1-8-2-3-9(6-11(8)16)14(20)17-10-4-5-12-13(7-10)19-15(21)18-12/h2-7H,16H2,1H3,(H,17,20). The number of fused-ring (bicyclic) bond motifs is 1. The molecule has 0 atom stereocenters. The van der Waals surface area contributed by atoms with Crippen molar-refractivity contribution in [3.8, 4) is 0 Å². The van der Waals surface area contributed by atoms with E-state index in [1.807, 2.05) is 6.92 Å². The highest BCUT2D eigenvalue weighted by molar-refractivity contribution is 6.04. The molecule has 0 unspecified atom stereocenters. The molecular weight excluding hydrogens is 268 g/mol. The van der Waals surface area contributed by atoms with Crippen LogP contribution >= 0.6 is 0 Å². The number of hydrogen-bond donors (Lipinski definition) is 2. The molecule has 0 bridgehead atoms. The summed E-state index contributed by atoms with van der Waals surface area (Å²) in [6.45, 7) is 1.87. The Hall–Kier alpha value is -3.02. The second-order valence-electron chi connectivity index (χ2n) is 4.74. The van der Waals surface area contributed by atoms with Gasteiger partial charge < -0.3 is 11.1 Å². The number of urea groups is 1. The number of aryl methyl sites for hydroxylation is 1.